The van der Waals surface area contributed by atoms with Gasteiger partial charge in [0.2, 0.25) is 0 Å². The third-order valence-corrected chi connectivity index (χ3v) is 0.348. The molecule has 0 saturated carbocycles. The van der Waals surface area contributed by atoms with Crippen molar-refractivity contribution in [1.82, 2.24) is 0 Å². The van der Waals surface area contributed by atoms with E-state index in [1.54, 1.807) is 20.8 Å². The van der Waals surface area contributed by atoms with Gasteiger partial charge in [0.15, 0.2) is 0 Å². The van der Waals surface area contributed by atoms with Crippen LogP contribution in [0.4, 0.5) is 0 Å². The summed E-state index contributed by atoms with van der Waals surface area (Å²) in [6.07, 6.45) is 0. The molecule has 0 heterocycles. The minimum atomic E-state index is -0.373. The number of carbonyl (C=O) groups excluding carboxylic acids is 1. The Balaban J connectivity index is 0. The van der Waals surface area contributed by atoms with Crippen LogP contribution in [0, 0.1) is 0 Å². The molecule has 42 valence electrons. The molecule has 0 saturated heterocycles. The predicted molar refractivity (Wildman–Crippen MR) is 26.5 cm³/mol. The van der Waals surface area contributed by atoms with Gasteiger partial charge in [-0.25, -0.2) is 0 Å². The number of ether oxygens (including phenoxy) is 1. The van der Waals surface area contributed by atoms with Crippen LogP contribution in [-0.4, -0.2) is 12.1 Å². The Hall–Kier alpha value is 0.470. The summed E-state index contributed by atoms with van der Waals surface area (Å²) in [5.41, 5.74) is -0.373. The molecule has 3 heteroatoms. The van der Waals surface area contributed by atoms with Gasteiger partial charge in [-0.15, -0.1) is 0 Å². The molecule has 0 amide bonds. The van der Waals surface area contributed by atoms with Gasteiger partial charge in [-0.05, 0) is 20.8 Å². The normalized spacial score (nSPS) is 9.38. The summed E-state index contributed by atoms with van der Waals surface area (Å²) in [6.45, 7) is 6.73. The van der Waals surface area contributed by atoms with E-state index in [9.17, 15) is 4.79 Å². The molecule has 0 aromatic carbocycles. The van der Waals surface area contributed by atoms with Gasteiger partial charge in [0.25, 0.3) is 0 Å². The van der Waals surface area contributed by atoms with Crippen molar-refractivity contribution in [2.45, 2.75) is 26.4 Å². The van der Waals surface area contributed by atoms with Crippen LogP contribution in [0.5, 0.6) is 0 Å². The van der Waals surface area contributed by atoms with Crippen LogP contribution in [0.3, 0.4) is 0 Å². The molecule has 0 aliphatic heterocycles. The van der Waals surface area contributed by atoms with Crippen LogP contribution < -0.4 is 29.6 Å². The van der Waals surface area contributed by atoms with Gasteiger partial charge >= 0.3 is 29.6 Å². The minimum Gasteiger partial charge on any atom is -0.649 e. The second kappa shape index (κ2) is 4.36. The molecule has 0 spiro atoms. The Bertz CT molecular complexity index is 65.3. The van der Waals surface area contributed by atoms with Crippen LogP contribution in [0.15, 0.2) is 0 Å². The van der Waals surface area contributed by atoms with Crippen molar-refractivity contribution in [2.75, 3.05) is 0 Å². The summed E-state index contributed by atoms with van der Waals surface area (Å²) < 4.78 is 4.42. The van der Waals surface area contributed by atoms with E-state index in [1.807, 2.05) is 0 Å². The van der Waals surface area contributed by atoms with E-state index in [4.69, 9.17) is 0 Å². The zero-order chi connectivity index (χ0) is 5.91. The van der Waals surface area contributed by atoms with Crippen molar-refractivity contribution in [3.05, 3.63) is 0 Å². The molecular formula is C5H9NaO2. The second-order valence-corrected chi connectivity index (χ2v) is 2.30. The maximum Gasteiger partial charge on any atom is 1.00 e. The topological polar surface area (TPSA) is 26.3 Å². The largest absolute Gasteiger partial charge is 1.00 e. The average Bonchev–Trinajstić information content (AvgIpc) is 1.30. The maximum absolute atomic E-state index is 9.47. The van der Waals surface area contributed by atoms with Gasteiger partial charge in [-0.1, -0.05) is 6.47 Å². The SMILES string of the molecule is CC(C)(C)O[C-]=O.[Na+]. The average molecular weight is 124 g/mol. The summed E-state index contributed by atoms with van der Waals surface area (Å²) >= 11 is 0. The first-order valence-corrected chi connectivity index (χ1v) is 2.11. The Morgan fingerprint density at radius 2 is 1.75 bits per heavy atom. The van der Waals surface area contributed by atoms with Crippen LogP contribution in [-0.2, 0) is 9.53 Å². The molecule has 0 aliphatic rings. The molecule has 8 heavy (non-hydrogen) atoms. The van der Waals surface area contributed by atoms with Crippen molar-refractivity contribution < 1.29 is 39.1 Å². The molecular weight excluding hydrogens is 115 g/mol. The van der Waals surface area contributed by atoms with Crippen LogP contribution >= 0.6 is 0 Å². The Labute approximate surface area is 71.9 Å². The van der Waals surface area contributed by atoms with E-state index in [2.05, 4.69) is 4.74 Å². The molecule has 0 fully saturated rings. The summed E-state index contributed by atoms with van der Waals surface area (Å²) in [4.78, 5) is 9.47. The van der Waals surface area contributed by atoms with Crippen molar-refractivity contribution in [3.63, 3.8) is 0 Å². The van der Waals surface area contributed by atoms with Crippen LogP contribution in [0.2, 0.25) is 0 Å². The standard InChI is InChI=1S/C5H9O2.Na/c1-5(2,3)7-4-6;/h1-3H3;/q-1;+1. The number of hydrogen-bond acceptors (Lipinski definition) is 2. The van der Waals surface area contributed by atoms with Crippen LogP contribution in [0.25, 0.3) is 0 Å². The van der Waals surface area contributed by atoms with Crippen molar-refractivity contribution in [3.8, 4) is 0 Å². The fraction of sp³-hybridized carbons (Fsp3) is 0.800. The Morgan fingerprint density at radius 3 is 1.75 bits per heavy atom. The number of rotatable bonds is 1. The fourth-order valence-corrected chi connectivity index (χ4v) is 0.125. The Kier molecular flexibility index (Phi) is 6.15. The van der Waals surface area contributed by atoms with Gasteiger partial charge in [0.1, 0.15) is 0 Å². The monoisotopic (exact) mass is 124 g/mol. The smallest absolute Gasteiger partial charge is 0.649 e. The van der Waals surface area contributed by atoms with Crippen molar-refractivity contribution >= 4 is 6.47 Å². The van der Waals surface area contributed by atoms with Gasteiger partial charge in [0, 0.05) is 0 Å². The molecule has 0 aromatic heterocycles. The van der Waals surface area contributed by atoms with Gasteiger partial charge in [-0.2, -0.15) is 0 Å². The first kappa shape index (κ1) is 11.3. The molecule has 0 aromatic rings. The summed E-state index contributed by atoms with van der Waals surface area (Å²) in [7, 11) is 0. The molecule has 0 atom stereocenters. The van der Waals surface area contributed by atoms with Gasteiger partial charge in [-0.3, -0.25) is 0 Å². The molecule has 2 nitrogen and oxygen atoms in total. The molecule has 0 radical (unpaired) electrons. The maximum atomic E-state index is 9.47. The number of hydrogen-bond donors (Lipinski definition) is 0. The zero-order valence-corrected chi connectivity index (χ0v) is 7.82. The molecule has 0 aliphatic carbocycles. The van der Waals surface area contributed by atoms with E-state index in [1.165, 1.54) is 6.47 Å². The first-order valence-electron chi connectivity index (χ1n) is 2.11. The fourth-order valence-electron chi connectivity index (χ4n) is 0.125. The minimum absolute atomic E-state index is 0. The van der Waals surface area contributed by atoms with Crippen molar-refractivity contribution in [1.29, 1.82) is 0 Å². The van der Waals surface area contributed by atoms with E-state index in [-0.39, 0.29) is 35.2 Å². The summed E-state index contributed by atoms with van der Waals surface area (Å²) in [5, 5.41) is 0. The van der Waals surface area contributed by atoms with Gasteiger partial charge in [0.05, 0.1) is 5.60 Å². The third kappa shape index (κ3) is 9.69. The molecule has 0 bridgehead atoms. The quantitative estimate of drug-likeness (QED) is 0.295. The Morgan fingerprint density at radius 1 is 1.38 bits per heavy atom. The van der Waals surface area contributed by atoms with E-state index < -0.39 is 0 Å². The zero-order valence-electron chi connectivity index (χ0n) is 5.82. The molecule has 0 N–H and O–H groups in total. The van der Waals surface area contributed by atoms with Gasteiger partial charge < -0.3 is 9.53 Å². The van der Waals surface area contributed by atoms with E-state index in [0.717, 1.165) is 0 Å². The van der Waals surface area contributed by atoms with E-state index >= 15 is 0 Å². The summed E-state index contributed by atoms with van der Waals surface area (Å²) in [5.74, 6) is 0. The summed E-state index contributed by atoms with van der Waals surface area (Å²) in [6, 6.07) is 0. The second-order valence-electron chi connectivity index (χ2n) is 2.30. The van der Waals surface area contributed by atoms with Crippen LogP contribution in [0.1, 0.15) is 20.8 Å². The molecule has 0 rings (SSSR count). The third-order valence-electron chi connectivity index (χ3n) is 0.348. The first-order chi connectivity index (χ1) is 3.06. The predicted octanol–water partition coefficient (Wildman–Crippen LogP) is -2.13. The van der Waals surface area contributed by atoms with Crippen molar-refractivity contribution in [2.24, 2.45) is 0 Å². The molecule has 0 unspecified atom stereocenters. The van der Waals surface area contributed by atoms with E-state index in [0.29, 0.717) is 0 Å².